The van der Waals surface area contributed by atoms with Crippen molar-refractivity contribution < 1.29 is 9.59 Å². The molecule has 0 bridgehead atoms. The molecule has 0 saturated carbocycles. The van der Waals surface area contributed by atoms with Crippen LogP contribution in [0.2, 0.25) is 0 Å². The van der Waals surface area contributed by atoms with Crippen LogP contribution in [0.25, 0.3) is 0 Å². The first-order chi connectivity index (χ1) is 12.0. The van der Waals surface area contributed by atoms with Crippen molar-refractivity contribution in [1.82, 2.24) is 15.5 Å². The Labute approximate surface area is 150 Å². The number of amides is 3. The Kier molecular flexibility index (Phi) is 7.25. The SMILES string of the molecule is CNC(=O)Cc1ccccc1NC(=O)N[C@@H](C)CN1CCC[C@H](C)C1. The normalized spacial score (nSPS) is 19.1. The van der Waals surface area contributed by atoms with Crippen LogP contribution in [0.1, 0.15) is 32.3 Å². The van der Waals surface area contributed by atoms with E-state index < -0.39 is 0 Å². The molecule has 25 heavy (non-hydrogen) atoms. The molecule has 0 aliphatic carbocycles. The first-order valence-electron chi connectivity index (χ1n) is 9.06. The summed E-state index contributed by atoms with van der Waals surface area (Å²) in [6, 6.07) is 7.21. The number of benzene rings is 1. The predicted octanol–water partition coefficient (Wildman–Crippen LogP) is 2.22. The van der Waals surface area contributed by atoms with E-state index in [0.717, 1.165) is 31.1 Å². The van der Waals surface area contributed by atoms with Gasteiger partial charge in [-0.15, -0.1) is 0 Å². The molecular formula is C19H30N4O2. The number of carbonyl (C=O) groups is 2. The summed E-state index contributed by atoms with van der Waals surface area (Å²) >= 11 is 0. The highest BCUT2D eigenvalue weighted by Gasteiger charge is 2.19. The van der Waals surface area contributed by atoms with Crippen LogP contribution in [-0.4, -0.2) is 49.6 Å². The summed E-state index contributed by atoms with van der Waals surface area (Å²) in [7, 11) is 1.61. The lowest BCUT2D eigenvalue weighted by atomic mass is 10.00. The molecule has 1 heterocycles. The third-order valence-electron chi connectivity index (χ3n) is 4.55. The summed E-state index contributed by atoms with van der Waals surface area (Å²) in [4.78, 5) is 26.3. The second kappa shape index (κ2) is 9.42. The number of likely N-dealkylation sites (tertiary alicyclic amines) is 1. The molecule has 1 aliphatic rings. The fourth-order valence-electron chi connectivity index (χ4n) is 3.33. The molecule has 6 nitrogen and oxygen atoms in total. The number of rotatable bonds is 6. The summed E-state index contributed by atoms with van der Waals surface area (Å²) in [6.07, 6.45) is 2.77. The zero-order valence-electron chi connectivity index (χ0n) is 15.5. The number of anilines is 1. The predicted molar refractivity (Wildman–Crippen MR) is 101 cm³/mol. The average Bonchev–Trinajstić information content (AvgIpc) is 2.56. The molecule has 0 radical (unpaired) electrons. The summed E-state index contributed by atoms with van der Waals surface area (Å²) in [5.74, 6) is 0.647. The topological polar surface area (TPSA) is 73.5 Å². The van der Waals surface area contributed by atoms with E-state index >= 15 is 0 Å². The molecule has 2 rings (SSSR count). The highest BCUT2D eigenvalue weighted by Crippen LogP contribution is 2.17. The number of nitrogens with zero attached hydrogens (tertiary/aromatic N) is 1. The summed E-state index contributed by atoms with van der Waals surface area (Å²) in [6.45, 7) is 7.36. The van der Waals surface area contributed by atoms with Gasteiger partial charge in [-0.3, -0.25) is 4.79 Å². The molecule has 1 aromatic rings. The lowest BCUT2D eigenvalue weighted by molar-refractivity contribution is -0.119. The van der Waals surface area contributed by atoms with Crippen molar-refractivity contribution in [2.24, 2.45) is 5.92 Å². The minimum atomic E-state index is -0.234. The van der Waals surface area contributed by atoms with Crippen molar-refractivity contribution in [2.45, 2.75) is 39.2 Å². The van der Waals surface area contributed by atoms with Crippen molar-refractivity contribution in [3.63, 3.8) is 0 Å². The zero-order chi connectivity index (χ0) is 18.2. The van der Waals surface area contributed by atoms with Crippen LogP contribution in [0.3, 0.4) is 0 Å². The Balaban J connectivity index is 1.86. The first kappa shape index (κ1) is 19.2. The molecule has 0 aromatic heterocycles. The first-order valence-corrected chi connectivity index (χ1v) is 9.06. The van der Waals surface area contributed by atoms with Crippen LogP contribution in [0, 0.1) is 5.92 Å². The Hall–Kier alpha value is -2.08. The van der Waals surface area contributed by atoms with Gasteiger partial charge in [0, 0.05) is 31.9 Å². The van der Waals surface area contributed by atoms with Crippen LogP contribution >= 0.6 is 0 Å². The molecule has 2 atom stereocenters. The highest BCUT2D eigenvalue weighted by atomic mass is 16.2. The number of hydrogen-bond donors (Lipinski definition) is 3. The molecule has 3 N–H and O–H groups in total. The maximum Gasteiger partial charge on any atom is 0.319 e. The summed E-state index contributed by atoms with van der Waals surface area (Å²) in [5.41, 5.74) is 1.47. The fraction of sp³-hybridized carbons (Fsp3) is 0.579. The Morgan fingerprint density at radius 3 is 2.80 bits per heavy atom. The van der Waals surface area contributed by atoms with Gasteiger partial charge in [0.2, 0.25) is 5.91 Å². The van der Waals surface area contributed by atoms with Crippen LogP contribution in [0.5, 0.6) is 0 Å². The van der Waals surface area contributed by atoms with Crippen LogP contribution in [-0.2, 0) is 11.2 Å². The van der Waals surface area contributed by atoms with E-state index in [1.165, 1.54) is 12.8 Å². The van der Waals surface area contributed by atoms with Gasteiger partial charge in [-0.05, 0) is 43.9 Å². The molecule has 0 unspecified atom stereocenters. The maximum absolute atomic E-state index is 12.3. The van der Waals surface area contributed by atoms with Crippen LogP contribution in [0.15, 0.2) is 24.3 Å². The molecule has 6 heteroatoms. The molecule has 1 saturated heterocycles. The quantitative estimate of drug-likeness (QED) is 0.739. The van der Waals surface area contributed by atoms with Crippen molar-refractivity contribution in [3.8, 4) is 0 Å². The van der Waals surface area contributed by atoms with E-state index in [1.54, 1.807) is 7.05 Å². The Morgan fingerprint density at radius 1 is 1.32 bits per heavy atom. The van der Waals surface area contributed by atoms with Crippen molar-refractivity contribution in [1.29, 1.82) is 0 Å². The van der Waals surface area contributed by atoms with E-state index in [-0.39, 0.29) is 24.4 Å². The standard InChI is InChI=1S/C19H30N4O2/c1-14-7-6-10-23(12-14)13-15(2)21-19(25)22-17-9-5-4-8-16(17)11-18(24)20-3/h4-5,8-9,14-15H,6-7,10-13H2,1-3H3,(H,20,24)(H2,21,22,25)/t14-,15-/m0/s1. The van der Waals surface area contributed by atoms with Gasteiger partial charge in [-0.1, -0.05) is 25.1 Å². The van der Waals surface area contributed by atoms with Crippen molar-refractivity contribution in [2.75, 3.05) is 32.0 Å². The Morgan fingerprint density at radius 2 is 2.08 bits per heavy atom. The van der Waals surface area contributed by atoms with Crippen molar-refractivity contribution in [3.05, 3.63) is 29.8 Å². The fourth-order valence-corrected chi connectivity index (χ4v) is 3.33. The Bertz CT molecular complexity index is 591. The lowest BCUT2D eigenvalue weighted by Gasteiger charge is -2.32. The van der Waals surface area contributed by atoms with Gasteiger partial charge >= 0.3 is 6.03 Å². The number of hydrogen-bond acceptors (Lipinski definition) is 3. The molecular weight excluding hydrogens is 316 g/mol. The number of likely N-dealkylation sites (N-methyl/N-ethyl adjacent to an activating group) is 1. The highest BCUT2D eigenvalue weighted by molar-refractivity contribution is 5.91. The lowest BCUT2D eigenvalue weighted by Crippen LogP contribution is -2.46. The number of piperidine rings is 1. The largest absolute Gasteiger partial charge is 0.359 e. The molecule has 3 amide bonds. The van der Waals surface area contributed by atoms with E-state index in [4.69, 9.17) is 0 Å². The summed E-state index contributed by atoms with van der Waals surface area (Å²) < 4.78 is 0. The second-order valence-corrected chi connectivity index (χ2v) is 7.01. The van der Waals surface area contributed by atoms with E-state index in [2.05, 4.69) is 27.8 Å². The van der Waals surface area contributed by atoms with Gasteiger partial charge in [0.05, 0.1) is 6.42 Å². The zero-order valence-corrected chi connectivity index (χ0v) is 15.5. The number of carbonyl (C=O) groups excluding carboxylic acids is 2. The molecule has 0 spiro atoms. The minimum Gasteiger partial charge on any atom is -0.359 e. The second-order valence-electron chi connectivity index (χ2n) is 7.01. The average molecular weight is 346 g/mol. The van der Waals surface area contributed by atoms with Gasteiger partial charge in [0.25, 0.3) is 0 Å². The van der Waals surface area contributed by atoms with Gasteiger partial charge < -0.3 is 20.9 Å². The van der Waals surface area contributed by atoms with Crippen molar-refractivity contribution >= 4 is 17.6 Å². The third kappa shape index (κ3) is 6.38. The summed E-state index contributed by atoms with van der Waals surface area (Å²) in [5, 5.41) is 8.46. The monoisotopic (exact) mass is 346 g/mol. The molecule has 1 aliphatic heterocycles. The van der Waals surface area contributed by atoms with Crippen LogP contribution in [0.4, 0.5) is 10.5 Å². The molecule has 1 fully saturated rings. The van der Waals surface area contributed by atoms with E-state index in [9.17, 15) is 9.59 Å². The number of urea groups is 1. The number of para-hydroxylation sites is 1. The van der Waals surface area contributed by atoms with Gasteiger partial charge in [0.15, 0.2) is 0 Å². The van der Waals surface area contributed by atoms with Gasteiger partial charge in [0.1, 0.15) is 0 Å². The van der Waals surface area contributed by atoms with E-state index in [0.29, 0.717) is 5.69 Å². The number of nitrogens with one attached hydrogen (secondary N) is 3. The van der Waals surface area contributed by atoms with Gasteiger partial charge in [-0.2, -0.15) is 0 Å². The van der Waals surface area contributed by atoms with Gasteiger partial charge in [-0.25, -0.2) is 4.79 Å². The smallest absolute Gasteiger partial charge is 0.319 e. The van der Waals surface area contributed by atoms with E-state index in [1.807, 2.05) is 31.2 Å². The maximum atomic E-state index is 12.3. The molecule has 138 valence electrons. The minimum absolute atomic E-state index is 0.0661. The van der Waals surface area contributed by atoms with Crippen LogP contribution < -0.4 is 16.0 Å². The molecule has 1 aromatic carbocycles. The third-order valence-corrected chi connectivity index (χ3v) is 4.55.